The summed E-state index contributed by atoms with van der Waals surface area (Å²) >= 11 is 0. The molecule has 7 nitrogen and oxygen atoms in total. The lowest BCUT2D eigenvalue weighted by atomic mass is 10.1. The van der Waals surface area contributed by atoms with Gasteiger partial charge in [-0.2, -0.15) is 0 Å². The summed E-state index contributed by atoms with van der Waals surface area (Å²) in [6, 6.07) is 20.5. The molecule has 1 unspecified atom stereocenters. The van der Waals surface area contributed by atoms with E-state index in [2.05, 4.69) is 5.32 Å². The molecule has 0 aliphatic heterocycles. The molecule has 1 N–H and O–H groups in total. The zero-order valence-corrected chi connectivity index (χ0v) is 23.6. The third-order valence-electron chi connectivity index (χ3n) is 6.56. The Morgan fingerprint density at radius 2 is 1.55 bits per heavy atom. The number of hydrogen-bond acceptors (Lipinski definition) is 4. The molecule has 0 aliphatic carbocycles. The van der Waals surface area contributed by atoms with Crippen LogP contribution in [0, 0.1) is 20.8 Å². The van der Waals surface area contributed by atoms with Gasteiger partial charge in [0, 0.05) is 13.1 Å². The van der Waals surface area contributed by atoms with Crippen LogP contribution in [-0.2, 0) is 26.2 Å². The highest BCUT2D eigenvalue weighted by Gasteiger charge is 2.33. The second-order valence-electron chi connectivity index (χ2n) is 9.53. The molecule has 0 radical (unpaired) electrons. The van der Waals surface area contributed by atoms with Gasteiger partial charge in [-0.25, -0.2) is 8.42 Å². The molecule has 1 atom stereocenters. The summed E-state index contributed by atoms with van der Waals surface area (Å²) in [4.78, 5) is 28.5. The van der Waals surface area contributed by atoms with Crippen LogP contribution in [0.25, 0.3) is 0 Å². The molecule has 0 aromatic heterocycles. The monoisotopic (exact) mass is 535 g/mol. The SMILES string of the molecule is CCCNC(=O)C(C)N(Cc1ccccc1C)C(=O)CN(c1cc(C)ccc1C)S(=O)(=O)c1ccccc1. The van der Waals surface area contributed by atoms with E-state index in [4.69, 9.17) is 0 Å². The minimum Gasteiger partial charge on any atom is -0.354 e. The van der Waals surface area contributed by atoms with Gasteiger partial charge in [-0.15, -0.1) is 0 Å². The van der Waals surface area contributed by atoms with Crippen molar-refractivity contribution in [1.29, 1.82) is 0 Å². The first-order valence-corrected chi connectivity index (χ1v) is 14.3. The first kappa shape index (κ1) is 28.9. The third-order valence-corrected chi connectivity index (χ3v) is 8.34. The molecule has 0 aliphatic rings. The predicted octanol–water partition coefficient (Wildman–Crippen LogP) is 4.75. The van der Waals surface area contributed by atoms with E-state index in [0.717, 1.165) is 33.0 Å². The van der Waals surface area contributed by atoms with Crippen LogP contribution >= 0.6 is 0 Å². The van der Waals surface area contributed by atoms with Crippen LogP contribution < -0.4 is 9.62 Å². The molecule has 0 heterocycles. The average Bonchev–Trinajstić information content (AvgIpc) is 2.91. The fourth-order valence-corrected chi connectivity index (χ4v) is 5.66. The Hall–Kier alpha value is -3.65. The van der Waals surface area contributed by atoms with Gasteiger partial charge in [0.05, 0.1) is 10.6 Å². The van der Waals surface area contributed by atoms with Gasteiger partial charge in [0.1, 0.15) is 12.6 Å². The van der Waals surface area contributed by atoms with Crippen LogP contribution in [-0.4, -0.2) is 44.3 Å². The van der Waals surface area contributed by atoms with E-state index in [1.807, 2.05) is 64.1 Å². The molecular weight excluding hydrogens is 498 g/mol. The van der Waals surface area contributed by atoms with Gasteiger partial charge in [-0.3, -0.25) is 13.9 Å². The van der Waals surface area contributed by atoms with Crippen molar-refractivity contribution >= 4 is 27.5 Å². The Morgan fingerprint density at radius 3 is 2.21 bits per heavy atom. The lowest BCUT2D eigenvalue weighted by molar-refractivity contribution is -0.139. The van der Waals surface area contributed by atoms with E-state index in [1.54, 1.807) is 31.2 Å². The van der Waals surface area contributed by atoms with Crippen molar-refractivity contribution in [2.45, 2.75) is 58.5 Å². The van der Waals surface area contributed by atoms with Gasteiger partial charge in [0.2, 0.25) is 11.8 Å². The van der Waals surface area contributed by atoms with Crippen LogP contribution in [0.1, 0.15) is 42.5 Å². The number of carbonyl (C=O) groups is 2. The first-order chi connectivity index (χ1) is 18.1. The van der Waals surface area contributed by atoms with Crippen molar-refractivity contribution in [3.05, 3.63) is 95.1 Å². The lowest BCUT2D eigenvalue weighted by Crippen LogP contribution is -2.51. The Bertz CT molecular complexity index is 1370. The number of amides is 2. The maximum absolute atomic E-state index is 14.0. The van der Waals surface area contributed by atoms with Crippen LogP contribution in [0.4, 0.5) is 5.69 Å². The van der Waals surface area contributed by atoms with Crippen molar-refractivity contribution in [2.75, 3.05) is 17.4 Å². The molecule has 0 spiro atoms. The zero-order chi connectivity index (χ0) is 27.9. The number of aryl methyl sites for hydroxylation is 3. The second-order valence-corrected chi connectivity index (χ2v) is 11.4. The van der Waals surface area contributed by atoms with Crippen LogP contribution in [0.5, 0.6) is 0 Å². The van der Waals surface area contributed by atoms with Crippen LogP contribution in [0.2, 0.25) is 0 Å². The van der Waals surface area contributed by atoms with E-state index >= 15 is 0 Å². The molecule has 3 rings (SSSR count). The van der Waals surface area contributed by atoms with Crippen LogP contribution in [0.15, 0.2) is 77.7 Å². The Morgan fingerprint density at radius 1 is 0.895 bits per heavy atom. The molecule has 3 aromatic carbocycles. The van der Waals surface area contributed by atoms with Crippen molar-refractivity contribution < 1.29 is 18.0 Å². The molecule has 3 aromatic rings. The van der Waals surface area contributed by atoms with Gasteiger partial charge in [0.25, 0.3) is 10.0 Å². The van der Waals surface area contributed by atoms with Crippen LogP contribution in [0.3, 0.4) is 0 Å². The summed E-state index contributed by atoms with van der Waals surface area (Å²) in [5.41, 5.74) is 3.90. The van der Waals surface area contributed by atoms with Gasteiger partial charge < -0.3 is 10.2 Å². The quantitative estimate of drug-likeness (QED) is 0.384. The highest BCUT2D eigenvalue weighted by atomic mass is 32.2. The van der Waals surface area contributed by atoms with Crippen molar-refractivity contribution in [3.63, 3.8) is 0 Å². The van der Waals surface area contributed by atoms with E-state index in [0.29, 0.717) is 12.2 Å². The molecule has 0 saturated carbocycles. The Balaban J connectivity index is 2.06. The van der Waals surface area contributed by atoms with Gasteiger partial charge in [-0.1, -0.05) is 61.5 Å². The minimum absolute atomic E-state index is 0.0906. The van der Waals surface area contributed by atoms with E-state index in [1.165, 1.54) is 17.0 Å². The fourth-order valence-electron chi connectivity index (χ4n) is 4.17. The standard InChI is InChI=1S/C30H37N3O4S/c1-6-18-31-30(35)25(5)32(20-26-13-11-10-12-23(26)3)29(34)21-33(28-19-22(2)16-17-24(28)4)38(36,37)27-14-8-7-9-15-27/h7-17,19,25H,6,18,20-21H2,1-5H3,(H,31,35). The summed E-state index contributed by atoms with van der Waals surface area (Å²) < 4.78 is 28.9. The summed E-state index contributed by atoms with van der Waals surface area (Å²) in [6.45, 7) is 9.50. The molecule has 38 heavy (non-hydrogen) atoms. The van der Waals surface area contributed by atoms with Gasteiger partial charge >= 0.3 is 0 Å². The normalized spacial score (nSPS) is 12.0. The van der Waals surface area contributed by atoms with Crippen molar-refractivity contribution in [2.24, 2.45) is 0 Å². The van der Waals surface area contributed by atoms with E-state index < -0.39 is 28.5 Å². The molecule has 0 bridgehead atoms. The molecular formula is C30H37N3O4S. The number of hydrogen-bond donors (Lipinski definition) is 1. The maximum atomic E-state index is 14.0. The number of benzene rings is 3. The minimum atomic E-state index is -4.08. The van der Waals surface area contributed by atoms with Gasteiger partial charge in [-0.05, 0) is 74.6 Å². The summed E-state index contributed by atoms with van der Waals surface area (Å²) in [7, 11) is -4.08. The molecule has 8 heteroatoms. The average molecular weight is 536 g/mol. The summed E-state index contributed by atoms with van der Waals surface area (Å²) in [5, 5.41) is 2.86. The Labute approximate surface area is 226 Å². The second kappa shape index (κ2) is 12.7. The van der Waals surface area contributed by atoms with Crippen molar-refractivity contribution in [3.8, 4) is 0 Å². The topological polar surface area (TPSA) is 86.8 Å². The highest BCUT2D eigenvalue weighted by Crippen LogP contribution is 2.28. The number of carbonyl (C=O) groups excluding carboxylic acids is 2. The molecule has 0 fully saturated rings. The number of anilines is 1. The number of nitrogens with zero attached hydrogens (tertiary/aromatic N) is 2. The van der Waals surface area contributed by atoms with E-state index in [-0.39, 0.29) is 17.3 Å². The molecule has 0 saturated heterocycles. The fraction of sp³-hybridized carbons (Fsp3) is 0.333. The largest absolute Gasteiger partial charge is 0.354 e. The number of nitrogens with one attached hydrogen (secondary N) is 1. The predicted molar refractivity (Wildman–Crippen MR) is 151 cm³/mol. The smallest absolute Gasteiger partial charge is 0.264 e. The Kier molecular flexibility index (Phi) is 9.69. The first-order valence-electron chi connectivity index (χ1n) is 12.8. The lowest BCUT2D eigenvalue weighted by Gasteiger charge is -2.32. The van der Waals surface area contributed by atoms with E-state index in [9.17, 15) is 18.0 Å². The number of sulfonamides is 1. The third kappa shape index (κ3) is 6.81. The number of rotatable bonds is 11. The zero-order valence-electron chi connectivity index (χ0n) is 22.8. The highest BCUT2D eigenvalue weighted by molar-refractivity contribution is 7.92. The summed E-state index contributed by atoms with van der Waals surface area (Å²) in [6.07, 6.45) is 0.764. The summed E-state index contributed by atoms with van der Waals surface area (Å²) in [5.74, 6) is -0.745. The molecule has 2 amide bonds. The van der Waals surface area contributed by atoms with Crippen molar-refractivity contribution in [1.82, 2.24) is 10.2 Å². The van der Waals surface area contributed by atoms with Gasteiger partial charge in [0.15, 0.2) is 0 Å². The molecule has 202 valence electrons. The maximum Gasteiger partial charge on any atom is 0.264 e.